The van der Waals surface area contributed by atoms with Gasteiger partial charge in [-0.2, -0.15) is 5.10 Å². The van der Waals surface area contributed by atoms with Crippen molar-refractivity contribution in [2.24, 2.45) is 11.0 Å². The summed E-state index contributed by atoms with van der Waals surface area (Å²) in [5.41, 5.74) is 7.42. The number of carboxylic acid groups (broad SMARTS) is 1. The lowest BCUT2D eigenvalue weighted by Crippen LogP contribution is -2.16. The standard InChI is InChI=1S/C17H20N2O2/c1-11(2)14-5-4-12(3)16(10-14)19-18-15-8-6-13(7-9-15)17(20)21/h4,6-9,14,18H,1,5,10H2,2-3H3,(H,20,21)/t14-/m0/s1. The predicted octanol–water partition coefficient (Wildman–Crippen LogP) is 4.09. The van der Waals surface area contributed by atoms with E-state index in [0.717, 1.165) is 24.2 Å². The number of nitrogens with one attached hydrogen (secondary N) is 1. The van der Waals surface area contributed by atoms with Gasteiger partial charge in [-0.3, -0.25) is 5.43 Å². The van der Waals surface area contributed by atoms with Crippen LogP contribution in [0.15, 0.2) is 53.2 Å². The van der Waals surface area contributed by atoms with Crippen LogP contribution in [-0.4, -0.2) is 16.8 Å². The molecule has 0 spiro atoms. The molecule has 0 aliphatic heterocycles. The van der Waals surface area contributed by atoms with E-state index in [1.165, 1.54) is 11.1 Å². The number of aromatic carboxylic acids is 1. The summed E-state index contributed by atoms with van der Waals surface area (Å²) < 4.78 is 0. The molecule has 0 unspecified atom stereocenters. The fourth-order valence-corrected chi connectivity index (χ4v) is 2.24. The van der Waals surface area contributed by atoms with Crippen LogP contribution >= 0.6 is 0 Å². The van der Waals surface area contributed by atoms with Crippen molar-refractivity contribution in [3.63, 3.8) is 0 Å². The molecule has 110 valence electrons. The first-order valence-corrected chi connectivity index (χ1v) is 6.96. The SMILES string of the molecule is C=C(C)[C@H]1CC=C(C)C(=NNc2ccc(C(=O)O)cc2)C1. The van der Waals surface area contributed by atoms with E-state index in [4.69, 9.17) is 5.11 Å². The smallest absolute Gasteiger partial charge is 0.335 e. The average molecular weight is 284 g/mol. The molecule has 0 fully saturated rings. The highest BCUT2D eigenvalue weighted by Crippen LogP contribution is 2.26. The molecule has 0 saturated heterocycles. The molecule has 2 N–H and O–H groups in total. The van der Waals surface area contributed by atoms with Crippen molar-refractivity contribution in [1.29, 1.82) is 0 Å². The predicted molar refractivity (Wildman–Crippen MR) is 85.8 cm³/mol. The topological polar surface area (TPSA) is 61.7 Å². The number of carbonyl (C=O) groups is 1. The van der Waals surface area contributed by atoms with Crippen molar-refractivity contribution < 1.29 is 9.90 Å². The van der Waals surface area contributed by atoms with Crippen molar-refractivity contribution in [3.05, 3.63) is 53.6 Å². The van der Waals surface area contributed by atoms with Crippen LogP contribution in [0.4, 0.5) is 5.69 Å². The van der Waals surface area contributed by atoms with E-state index < -0.39 is 5.97 Å². The van der Waals surface area contributed by atoms with Crippen LogP contribution in [0.5, 0.6) is 0 Å². The third-order valence-electron chi connectivity index (χ3n) is 3.75. The fourth-order valence-electron chi connectivity index (χ4n) is 2.24. The van der Waals surface area contributed by atoms with Gasteiger partial charge in [-0.1, -0.05) is 18.2 Å². The molecule has 1 aliphatic carbocycles. The van der Waals surface area contributed by atoms with E-state index in [1.54, 1.807) is 24.3 Å². The van der Waals surface area contributed by atoms with E-state index in [2.05, 4.69) is 37.0 Å². The van der Waals surface area contributed by atoms with Crippen LogP contribution in [-0.2, 0) is 0 Å². The Morgan fingerprint density at radius 2 is 2.05 bits per heavy atom. The molecular weight excluding hydrogens is 264 g/mol. The first-order valence-electron chi connectivity index (χ1n) is 6.96. The lowest BCUT2D eigenvalue weighted by molar-refractivity contribution is 0.0697. The largest absolute Gasteiger partial charge is 0.478 e. The maximum atomic E-state index is 10.8. The van der Waals surface area contributed by atoms with E-state index in [-0.39, 0.29) is 5.56 Å². The highest BCUT2D eigenvalue weighted by Gasteiger charge is 2.18. The van der Waals surface area contributed by atoms with Gasteiger partial charge in [-0.05, 0) is 62.4 Å². The first kappa shape index (κ1) is 15.0. The molecule has 0 amide bonds. The van der Waals surface area contributed by atoms with Crippen molar-refractivity contribution in [3.8, 4) is 0 Å². The molecule has 0 bridgehead atoms. The first-order chi connectivity index (χ1) is 9.97. The maximum Gasteiger partial charge on any atom is 0.335 e. The highest BCUT2D eigenvalue weighted by atomic mass is 16.4. The molecule has 1 atom stereocenters. The van der Waals surface area contributed by atoms with E-state index in [9.17, 15) is 4.79 Å². The number of rotatable bonds is 4. The summed E-state index contributed by atoms with van der Waals surface area (Å²) in [4.78, 5) is 10.8. The zero-order valence-corrected chi connectivity index (χ0v) is 12.4. The molecule has 1 aromatic carbocycles. The third kappa shape index (κ3) is 3.81. The van der Waals surface area contributed by atoms with Crippen molar-refractivity contribution >= 4 is 17.4 Å². The van der Waals surface area contributed by atoms with Gasteiger partial charge in [0.2, 0.25) is 0 Å². The number of benzene rings is 1. The lowest BCUT2D eigenvalue weighted by atomic mass is 9.85. The maximum absolute atomic E-state index is 10.8. The summed E-state index contributed by atoms with van der Waals surface area (Å²) in [6, 6.07) is 6.55. The lowest BCUT2D eigenvalue weighted by Gasteiger charge is -2.22. The van der Waals surface area contributed by atoms with E-state index in [1.807, 2.05) is 0 Å². The Morgan fingerprint density at radius 3 is 2.62 bits per heavy atom. The van der Waals surface area contributed by atoms with Gasteiger partial charge in [0, 0.05) is 0 Å². The van der Waals surface area contributed by atoms with Gasteiger partial charge >= 0.3 is 5.97 Å². The Hall–Kier alpha value is -2.36. The van der Waals surface area contributed by atoms with Crippen molar-refractivity contribution in [2.75, 3.05) is 5.43 Å². The van der Waals surface area contributed by atoms with Gasteiger partial charge in [-0.15, -0.1) is 0 Å². The van der Waals surface area contributed by atoms with Gasteiger partial charge in [0.25, 0.3) is 0 Å². The summed E-state index contributed by atoms with van der Waals surface area (Å²) in [5, 5.41) is 13.3. The molecule has 1 aromatic rings. The second kappa shape index (κ2) is 6.39. The number of carboxylic acids is 1. The van der Waals surface area contributed by atoms with Gasteiger partial charge in [-0.25, -0.2) is 4.79 Å². The summed E-state index contributed by atoms with van der Waals surface area (Å²) in [5.74, 6) is -0.480. The minimum Gasteiger partial charge on any atom is -0.478 e. The molecule has 0 radical (unpaired) electrons. The minimum absolute atomic E-state index is 0.268. The monoisotopic (exact) mass is 284 g/mol. The molecule has 2 rings (SSSR count). The summed E-state index contributed by atoms with van der Waals surface area (Å²) in [7, 11) is 0. The number of anilines is 1. The summed E-state index contributed by atoms with van der Waals surface area (Å²) in [6.07, 6.45) is 4.10. The Labute approximate surface area is 124 Å². The summed E-state index contributed by atoms with van der Waals surface area (Å²) in [6.45, 7) is 8.13. The number of nitrogens with zero attached hydrogens (tertiary/aromatic N) is 1. The quantitative estimate of drug-likeness (QED) is 0.646. The number of hydrogen-bond donors (Lipinski definition) is 2. The Bertz CT molecular complexity index is 612. The van der Waals surface area contributed by atoms with Crippen LogP contribution < -0.4 is 5.43 Å². The van der Waals surface area contributed by atoms with Gasteiger partial charge in [0.05, 0.1) is 17.0 Å². The fraction of sp³-hybridized carbons (Fsp3) is 0.294. The van der Waals surface area contributed by atoms with Gasteiger partial charge < -0.3 is 5.11 Å². The van der Waals surface area contributed by atoms with Crippen LogP contribution in [0.2, 0.25) is 0 Å². The molecule has 4 heteroatoms. The van der Waals surface area contributed by atoms with E-state index in [0.29, 0.717) is 5.92 Å². The zero-order chi connectivity index (χ0) is 15.4. The summed E-state index contributed by atoms with van der Waals surface area (Å²) >= 11 is 0. The van der Waals surface area contributed by atoms with Crippen LogP contribution in [0.1, 0.15) is 37.0 Å². The molecule has 0 aromatic heterocycles. The molecule has 0 heterocycles. The molecular formula is C17H20N2O2. The highest BCUT2D eigenvalue weighted by molar-refractivity contribution is 6.01. The molecule has 4 nitrogen and oxygen atoms in total. The van der Waals surface area contributed by atoms with Crippen LogP contribution in [0, 0.1) is 5.92 Å². The third-order valence-corrected chi connectivity index (χ3v) is 3.75. The van der Waals surface area contributed by atoms with Crippen LogP contribution in [0.25, 0.3) is 0 Å². The second-order valence-electron chi connectivity index (χ2n) is 5.42. The second-order valence-corrected chi connectivity index (χ2v) is 5.42. The van der Waals surface area contributed by atoms with Gasteiger partial charge in [0.1, 0.15) is 0 Å². The average Bonchev–Trinajstić information content (AvgIpc) is 2.46. The number of hydrogen-bond acceptors (Lipinski definition) is 3. The molecule has 21 heavy (non-hydrogen) atoms. The number of hydrazone groups is 1. The molecule has 0 saturated carbocycles. The Balaban J connectivity index is 2.09. The Kier molecular flexibility index (Phi) is 4.58. The number of allylic oxidation sites excluding steroid dienone is 3. The zero-order valence-electron chi connectivity index (χ0n) is 12.4. The normalized spacial score (nSPS) is 20.0. The van der Waals surface area contributed by atoms with Crippen molar-refractivity contribution in [1.82, 2.24) is 0 Å². The van der Waals surface area contributed by atoms with Gasteiger partial charge in [0.15, 0.2) is 0 Å². The van der Waals surface area contributed by atoms with Crippen LogP contribution in [0.3, 0.4) is 0 Å². The van der Waals surface area contributed by atoms with Crippen molar-refractivity contribution in [2.45, 2.75) is 26.7 Å². The van der Waals surface area contributed by atoms with E-state index >= 15 is 0 Å². The molecule has 1 aliphatic rings. The minimum atomic E-state index is -0.928. The Morgan fingerprint density at radius 1 is 1.38 bits per heavy atom.